The Morgan fingerprint density at radius 2 is 2.35 bits per heavy atom. The zero-order valence-electron chi connectivity index (χ0n) is 9.84. The van der Waals surface area contributed by atoms with Gasteiger partial charge in [0.15, 0.2) is 11.4 Å². The Bertz CT molecular complexity index is 491. The molecule has 0 saturated carbocycles. The Kier molecular flexibility index (Phi) is 3.91. The Morgan fingerprint density at radius 3 is 2.88 bits per heavy atom. The minimum atomic E-state index is 0.727. The van der Waals surface area contributed by atoms with Crippen LogP contribution in [0.2, 0.25) is 0 Å². The number of aryl methyl sites for hydroxylation is 1. The largest absolute Gasteiger partial charge is 0.343 e. The van der Waals surface area contributed by atoms with E-state index in [1.807, 2.05) is 6.92 Å². The Labute approximate surface area is 109 Å². The highest BCUT2D eigenvalue weighted by Gasteiger charge is 2.13. The minimum absolute atomic E-state index is 0.727. The number of carbonyl (C=O) groups excluding carboxylic acids is 1. The molecule has 0 fully saturated rings. The van der Waals surface area contributed by atoms with Gasteiger partial charge in [-0.05, 0) is 25.3 Å². The smallest absolute Gasteiger partial charge is 0.186 e. The Hall–Kier alpha value is -1.20. The number of anilines is 1. The summed E-state index contributed by atoms with van der Waals surface area (Å²) in [5.41, 5.74) is 0.824. The second-order valence-corrected chi connectivity index (χ2v) is 5.70. The maximum atomic E-state index is 10.8. The summed E-state index contributed by atoms with van der Waals surface area (Å²) in [4.78, 5) is 19.5. The van der Waals surface area contributed by atoms with Crippen molar-refractivity contribution in [2.75, 3.05) is 11.4 Å². The van der Waals surface area contributed by atoms with E-state index in [2.05, 4.69) is 34.3 Å². The van der Waals surface area contributed by atoms with Crippen molar-refractivity contribution in [3.05, 3.63) is 33.0 Å². The van der Waals surface area contributed by atoms with Crippen LogP contribution in [0.3, 0.4) is 0 Å². The van der Waals surface area contributed by atoms with Crippen molar-refractivity contribution in [1.82, 2.24) is 4.98 Å². The van der Waals surface area contributed by atoms with Gasteiger partial charge in [0.1, 0.15) is 0 Å². The van der Waals surface area contributed by atoms with Crippen LogP contribution in [0.5, 0.6) is 0 Å². The third-order valence-corrected chi connectivity index (χ3v) is 4.51. The summed E-state index contributed by atoms with van der Waals surface area (Å²) in [5, 5.41) is 3.01. The lowest BCUT2D eigenvalue weighted by atomic mass is 10.4. The third-order valence-electron chi connectivity index (χ3n) is 2.51. The highest BCUT2D eigenvalue weighted by molar-refractivity contribution is 7.17. The van der Waals surface area contributed by atoms with E-state index in [0.717, 1.165) is 35.1 Å². The molecule has 2 aromatic rings. The normalized spacial score (nSPS) is 10.5. The summed E-state index contributed by atoms with van der Waals surface area (Å²) in [5.74, 6) is 0. The molecule has 90 valence electrons. The molecule has 5 heteroatoms. The highest BCUT2D eigenvalue weighted by atomic mass is 32.1. The molecule has 0 amide bonds. The van der Waals surface area contributed by atoms with Crippen molar-refractivity contribution < 1.29 is 4.79 Å². The first kappa shape index (κ1) is 12.3. The lowest BCUT2D eigenvalue weighted by Gasteiger charge is -2.18. The lowest BCUT2D eigenvalue weighted by Crippen LogP contribution is -2.21. The molecule has 0 unspecified atom stereocenters. The lowest BCUT2D eigenvalue weighted by molar-refractivity contribution is 0.112. The summed E-state index contributed by atoms with van der Waals surface area (Å²) in [7, 11) is 0. The molecule has 0 spiro atoms. The van der Waals surface area contributed by atoms with E-state index >= 15 is 0 Å². The van der Waals surface area contributed by atoms with Gasteiger partial charge in [-0.2, -0.15) is 0 Å². The topological polar surface area (TPSA) is 33.2 Å². The molecule has 0 saturated heterocycles. The second kappa shape index (κ2) is 5.42. The first-order chi connectivity index (χ1) is 8.24. The fourth-order valence-electron chi connectivity index (χ4n) is 1.54. The summed E-state index contributed by atoms with van der Waals surface area (Å²) in [6, 6.07) is 4.17. The molecule has 0 bridgehead atoms. The zero-order chi connectivity index (χ0) is 12.3. The Morgan fingerprint density at radius 1 is 1.53 bits per heavy atom. The summed E-state index contributed by atoms with van der Waals surface area (Å²) in [6.07, 6.45) is 0.884. The molecule has 0 aliphatic carbocycles. The van der Waals surface area contributed by atoms with Crippen LogP contribution in [0.1, 0.15) is 27.2 Å². The van der Waals surface area contributed by atoms with Gasteiger partial charge in [-0.25, -0.2) is 4.98 Å². The average molecular weight is 266 g/mol. The van der Waals surface area contributed by atoms with Gasteiger partial charge in [0.25, 0.3) is 0 Å². The van der Waals surface area contributed by atoms with Gasteiger partial charge in [0.2, 0.25) is 0 Å². The molecule has 2 rings (SSSR count). The molecule has 17 heavy (non-hydrogen) atoms. The van der Waals surface area contributed by atoms with Crippen molar-refractivity contribution in [3.63, 3.8) is 0 Å². The monoisotopic (exact) mass is 266 g/mol. The number of carbonyl (C=O) groups is 1. The minimum Gasteiger partial charge on any atom is -0.343 e. The first-order valence-corrected chi connectivity index (χ1v) is 7.14. The van der Waals surface area contributed by atoms with Crippen LogP contribution in [0, 0.1) is 6.92 Å². The van der Waals surface area contributed by atoms with Crippen LogP contribution in [0.4, 0.5) is 5.13 Å². The number of nitrogens with zero attached hydrogens (tertiary/aromatic N) is 2. The van der Waals surface area contributed by atoms with Crippen molar-refractivity contribution in [1.29, 1.82) is 0 Å². The van der Waals surface area contributed by atoms with Crippen LogP contribution in [-0.4, -0.2) is 17.8 Å². The number of hydrogen-bond acceptors (Lipinski definition) is 5. The van der Waals surface area contributed by atoms with Crippen molar-refractivity contribution in [3.8, 4) is 0 Å². The number of aromatic nitrogens is 1. The predicted molar refractivity (Wildman–Crippen MR) is 73.3 cm³/mol. The van der Waals surface area contributed by atoms with Crippen LogP contribution in [-0.2, 0) is 6.54 Å². The third kappa shape index (κ3) is 2.73. The molecular formula is C12H14N2OS2. The van der Waals surface area contributed by atoms with E-state index in [1.165, 1.54) is 16.2 Å². The van der Waals surface area contributed by atoms with E-state index in [-0.39, 0.29) is 0 Å². The fraction of sp³-hybridized carbons (Fsp3) is 0.333. The zero-order valence-corrected chi connectivity index (χ0v) is 11.5. The average Bonchev–Trinajstić information content (AvgIpc) is 2.95. The van der Waals surface area contributed by atoms with Gasteiger partial charge in [-0.15, -0.1) is 11.3 Å². The van der Waals surface area contributed by atoms with E-state index in [4.69, 9.17) is 0 Å². The molecule has 2 heterocycles. The SMILES string of the molecule is CCN(Cc1cccs1)c1nc(C)c(C=O)s1. The molecule has 0 N–H and O–H groups in total. The first-order valence-electron chi connectivity index (χ1n) is 5.44. The number of thiophene rings is 1. The van der Waals surface area contributed by atoms with Crippen LogP contribution in [0.25, 0.3) is 0 Å². The van der Waals surface area contributed by atoms with Crippen molar-refractivity contribution >= 4 is 34.1 Å². The van der Waals surface area contributed by atoms with E-state index in [0.29, 0.717) is 0 Å². The standard InChI is InChI=1S/C12H14N2OS2/c1-3-14(7-10-5-4-6-16-10)12-13-9(2)11(8-15)17-12/h4-6,8H,3,7H2,1-2H3. The van der Waals surface area contributed by atoms with Gasteiger partial charge >= 0.3 is 0 Å². The van der Waals surface area contributed by atoms with Gasteiger partial charge in [0, 0.05) is 11.4 Å². The summed E-state index contributed by atoms with van der Waals surface area (Å²) >= 11 is 3.21. The van der Waals surface area contributed by atoms with Crippen LogP contribution < -0.4 is 4.90 Å². The predicted octanol–water partition coefficient (Wildman–Crippen LogP) is 3.35. The molecule has 0 radical (unpaired) electrons. The van der Waals surface area contributed by atoms with Crippen LogP contribution >= 0.6 is 22.7 Å². The number of hydrogen-bond donors (Lipinski definition) is 0. The van der Waals surface area contributed by atoms with Gasteiger partial charge < -0.3 is 4.90 Å². The van der Waals surface area contributed by atoms with E-state index in [1.54, 1.807) is 11.3 Å². The second-order valence-electron chi connectivity index (χ2n) is 3.66. The summed E-state index contributed by atoms with van der Waals surface area (Å²) < 4.78 is 0. The van der Waals surface area contributed by atoms with Crippen molar-refractivity contribution in [2.24, 2.45) is 0 Å². The fourth-order valence-corrected chi connectivity index (χ4v) is 3.21. The van der Waals surface area contributed by atoms with Gasteiger partial charge in [0.05, 0.1) is 17.1 Å². The van der Waals surface area contributed by atoms with Crippen molar-refractivity contribution in [2.45, 2.75) is 20.4 Å². The van der Waals surface area contributed by atoms with Gasteiger partial charge in [-0.3, -0.25) is 4.79 Å². The summed E-state index contributed by atoms with van der Waals surface area (Å²) in [6.45, 7) is 5.73. The van der Waals surface area contributed by atoms with Gasteiger partial charge in [-0.1, -0.05) is 17.4 Å². The number of aldehydes is 1. The maximum absolute atomic E-state index is 10.8. The molecule has 0 aliphatic heterocycles. The quantitative estimate of drug-likeness (QED) is 0.778. The molecule has 0 atom stereocenters. The molecule has 0 aromatic carbocycles. The molecule has 3 nitrogen and oxygen atoms in total. The number of thiazole rings is 1. The molecular weight excluding hydrogens is 252 g/mol. The van der Waals surface area contributed by atoms with Crippen LogP contribution in [0.15, 0.2) is 17.5 Å². The maximum Gasteiger partial charge on any atom is 0.186 e. The molecule has 2 aromatic heterocycles. The van der Waals surface area contributed by atoms with E-state index < -0.39 is 0 Å². The highest BCUT2D eigenvalue weighted by Crippen LogP contribution is 2.26. The number of rotatable bonds is 5. The Balaban J connectivity index is 2.19. The van der Waals surface area contributed by atoms with E-state index in [9.17, 15) is 4.79 Å². The molecule has 0 aliphatic rings.